The van der Waals surface area contributed by atoms with Crippen LogP contribution < -0.4 is 10.4 Å². The molecule has 0 aliphatic rings. The standard InChI is InChI=1S/C20H18/c1-13(2)11-19-15(4)16-10-9-14(3)12-20(16)18-8-6-5-7-17(18)19/h5-12H,1,4H2,2-3H3/b19-11+. The lowest BCUT2D eigenvalue weighted by atomic mass is 9.96. The fraction of sp³-hybridized carbons (Fsp3) is 0.100. The summed E-state index contributed by atoms with van der Waals surface area (Å²) in [6.45, 7) is 12.5. The highest BCUT2D eigenvalue weighted by Crippen LogP contribution is 2.21. The molecule has 0 radical (unpaired) electrons. The summed E-state index contributed by atoms with van der Waals surface area (Å²) in [4.78, 5) is 0. The summed E-state index contributed by atoms with van der Waals surface area (Å²) in [5, 5.41) is 7.31. The maximum atomic E-state index is 4.31. The van der Waals surface area contributed by atoms with E-state index in [-0.39, 0.29) is 0 Å². The van der Waals surface area contributed by atoms with Crippen LogP contribution in [0.2, 0.25) is 0 Å². The van der Waals surface area contributed by atoms with E-state index in [4.69, 9.17) is 0 Å². The molecule has 0 atom stereocenters. The summed E-state index contributed by atoms with van der Waals surface area (Å²) in [7, 11) is 0. The number of hydrogen-bond acceptors (Lipinski definition) is 0. The van der Waals surface area contributed by atoms with Crippen molar-refractivity contribution in [1.29, 1.82) is 0 Å². The number of aryl methyl sites for hydroxylation is 1. The fourth-order valence-electron chi connectivity index (χ4n) is 2.82. The lowest BCUT2D eigenvalue weighted by molar-refractivity contribution is 1.50. The van der Waals surface area contributed by atoms with Crippen molar-refractivity contribution < 1.29 is 0 Å². The molecule has 0 aromatic heterocycles. The van der Waals surface area contributed by atoms with Crippen molar-refractivity contribution >= 4 is 34.2 Å². The van der Waals surface area contributed by atoms with E-state index in [9.17, 15) is 0 Å². The minimum Gasteiger partial charge on any atom is -0.0961 e. The second-order valence-electron chi connectivity index (χ2n) is 5.48. The third-order valence-corrected chi connectivity index (χ3v) is 3.72. The van der Waals surface area contributed by atoms with Gasteiger partial charge >= 0.3 is 0 Å². The second kappa shape index (κ2) is 4.64. The van der Waals surface area contributed by atoms with Crippen LogP contribution >= 0.6 is 0 Å². The molecule has 0 spiro atoms. The van der Waals surface area contributed by atoms with Crippen LogP contribution in [0.15, 0.2) is 54.6 Å². The third kappa shape index (κ3) is 1.94. The summed E-state index contributed by atoms with van der Waals surface area (Å²) < 4.78 is 0. The van der Waals surface area contributed by atoms with Crippen LogP contribution in [0.1, 0.15) is 12.5 Å². The summed E-state index contributed by atoms with van der Waals surface area (Å²) in [5.41, 5.74) is 2.32. The molecule has 3 rings (SSSR count). The van der Waals surface area contributed by atoms with E-state index < -0.39 is 0 Å². The highest BCUT2D eigenvalue weighted by Gasteiger charge is 2.04. The SMILES string of the molecule is C=C(C)/C=c1\c(=C)c2ccc(C)cc2c2ccccc12. The average molecular weight is 258 g/mol. The van der Waals surface area contributed by atoms with Gasteiger partial charge in [-0.2, -0.15) is 0 Å². The van der Waals surface area contributed by atoms with E-state index in [2.05, 4.69) is 68.6 Å². The Hall–Kier alpha value is -2.34. The van der Waals surface area contributed by atoms with E-state index in [1.807, 2.05) is 6.92 Å². The van der Waals surface area contributed by atoms with Crippen LogP contribution in [0.5, 0.6) is 0 Å². The van der Waals surface area contributed by atoms with Gasteiger partial charge in [0.05, 0.1) is 0 Å². The van der Waals surface area contributed by atoms with Gasteiger partial charge in [-0.3, -0.25) is 0 Å². The van der Waals surface area contributed by atoms with Gasteiger partial charge in [-0.05, 0) is 45.8 Å². The number of fused-ring (bicyclic) bond motifs is 3. The van der Waals surface area contributed by atoms with E-state index >= 15 is 0 Å². The van der Waals surface area contributed by atoms with Crippen LogP contribution in [-0.2, 0) is 0 Å². The molecule has 0 saturated heterocycles. The van der Waals surface area contributed by atoms with Gasteiger partial charge < -0.3 is 0 Å². The normalized spacial score (nSPS) is 12.2. The Balaban J connectivity index is 2.70. The molecule has 0 amide bonds. The van der Waals surface area contributed by atoms with Crippen LogP contribution in [0.25, 0.3) is 34.2 Å². The average Bonchev–Trinajstić information content (AvgIpc) is 2.43. The molecule has 0 aliphatic carbocycles. The van der Waals surface area contributed by atoms with Crippen molar-refractivity contribution in [3.63, 3.8) is 0 Å². The van der Waals surface area contributed by atoms with Gasteiger partial charge in [0.2, 0.25) is 0 Å². The van der Waals surface area contributed by atoms with E-state index in [1.165, 1.54) is 32.3 Å². The van der Waals surface area contributed by atoms with Crippen LogP contribution in [-0.4, -0.2) is 0 Å². The summed E-state index contributed by atoms with van der Waals surface area (Å²) in [5.74, 6) is 0. The molecule has 0 saturated carbocycles. The number of rotatable bonds is 1. The Morgan fingerprint density at radius 3 is 2.35 bits per heavy atom. The van der Waals surface area contributed by atoms with Crippen LogP contribution in [0, 0.1) is 6.92 Å². The first-order valence-electron chi connectivity index (χ1n) is 6.85. The van der Waals surface area contributed by atoms with E-state index in [1.54, 1.807) is 0 Å². The molecule has 0 heterocycles. The van der Waals surface area contributed by atoms with Gasteiger partial charge in [0.1, 0.15) is 0 Å². The monoisotopic (exact) mass is 258 g/mol. The highest BCUT2D eigenvalue weighted by molar-refractivity contribution is 6.08. The summed E-state index contributed by atoms with van der Waals surface area (Å²) >= 11 is 0. The van der Waals surface area contributed by atoms with E-state index in [0.717, 1.165) is 10.8 Å². The number of benzene rings is 3. The summed E-state index contributed by atoms with van der Waals surface area (Å²) in [6, 6.07) is 15.1. The molecule has 3 aromatic carbocycles. The van der Waals surface area contributed by atoms with Gasteiger partial charge in [-0.1, -0.05) is 72.8 Å². The molecular weight excluding hydrogens is 240 g/mol. The van der Waals surface area contributed by atoms with Gasteiger partial charge in [0, 0.05) is 0 Å². The molecule has 0 aliphatic heterocycles. The van der Waals surface area contributed by atoms with Gasteiger partial charge in [-0.15, -0.1) is 0 Å². The topological polar surface area (TPSA) is 0 Å². The van der Waals surface area contributed by atoms with Crippen LogP contribution in [0.3, 0.4) is 0 Å². The second-order valence-corrected chi connectivity index (χ2v) is 5.48. The van der Waals surface area contributed by atoms with Crippen molar-refractivity contribution in [3.8, 4) is 0 Å². The lowest BCUT2D eigenvalue weighted by Gasteiger charge is -2.08. The predicted octanol–water partition coefficient (Wildman–Crippen LogP) is 4.07. The molecule has 0 heteroatoms. The quantitative estimate of drug-likeness (QED) is 0.577. The molecule has 0 fully saturated rings. The highest BCUT2D eigenvalue weighted by atomic mass is 14.1. The largest absolute Gasteiger partial charge is 0.0961 e. The van der Waals surface area contributed by atoms with Crippen molar-refractivity contribution in [1.82, 2.24) is 0 Å². The minimum absolute atomic E-state index is 1.05. The van der Waals surface area contributed by atoms with Crippen molar-refractivity contribution in [2.45, 2.75) is 13.8 Å². The Labute approximate surface area is 119 Å². The Bertz CT molecular complexity index is 943. The van der Waals surface area contributed by atoms with Crippen molar-refractivity contribution in [3.05, 3.63) is 70.6 Å². The Morgan fingerprint density at radius 2 is 1.65 bits per heavy atom. The molecule has 0 N–H and O–H groups in total. The molecule has 98 valence electrons. The van der Waals surface area contributed by atoms with Crippen molar-refractivity contribution in [2.24, 2.45) is 0 Å². The first kappa shape index (κ1) is 12.7. The molecule has 0 unspecified atom stereocenters. The molecule has 20 heavy (non-hydrogen) atoms. The third-order valence-electron chi connectivity index (χ3n) is 3.72. The molecule has 3 aromatic rings. The smallest absolute Gasteiger partial charge is 0.00965 e. The zero-order chi connectivity index (χ0) is 14.3. The first-order valence-corrected chi connectivity index (χ1v) is 6.85. The Morgan fingerprint density at radius 1 is 0.950 bits per heavy atom. The van der Waals surface area contributed by atoms with E-state index in [0.29, 0.717) is 0 Å². The fourth-order valence-corrected chi connectivity index (χ4v) is 2.82. The minimum atomic E-state index is 1.05. The first-order chi connectivity index (χ1) is 9.58. The molecule has 0 nitrogen and oxygen atoms in total. The molecular formula is C20H18. The maximum Gasteiger partial charge on any atom is -0.00965 e. The Kier molecular flexibility index (Phi) is 2.94. The summed E-state index contributed by atoms with van der Waals surface area (Å²) in [6.07, 6.45) is 2.13. The van der Waals surface area contributed by atoms with Gasteiger partial charge in [-0.25, -0.2) is 0 Å². The predicted molar refractivity (Wildman–Crippen MR) is 90.2 cm³/mol. The van der Waals surface area contributed by atoms with Gasteiger partial charge in [0.25, 0.3) is 0 Å². The number of allylic oxidation sites excluding steroid dienone is 1. The van der Waals surface area contributed by atoms with Gasteiger partial charge in [0.15, 0.2) is 0 Å². The van der Waals surface area contributed by atoms with Crippen molar-refractivity contribution in [2.75, 3.05) is 0 Å². The lowest BCUT2D eigenvalue weighted by Crippen LogP contribution is -2.25. The maximum absolute atomic E-state index is 4.31. The zero-order valence-corrected chi connectivity index (χ0v) is 12.0. The zero-order valence-electron chi connectivity index (χ0n) is 12.0. The molecule has 0 bridgehead atoms. The van der Waals surface area contributed by atoms with Crippen LogP contribution in [0.4, 0.5) is 0 Å². The number of hydrogen-bond donors (Lipinski definition) is 0.